The molecule has 0 unspecified atom stereocenters. The van der Waals surface area contributed by atoms with E-state index >= 15 is 0 Å². The van der Waals surface area contributed by atoms with E-state index in [-0.39, 0.29) is 10.2 Å². The number of rotatable bonds is 1. The predicted octanol–water partition coefficient (Wildman–Crippen LogP) is 3.39. The number of alkyl halides is 2. The molecule has 0 aliphatic rings. The molecule has 0 saturated carbocycles. The van der Waals surface area contributed by atoms with Crippen LogP contribution in [0.4, 0.5) is 8.78 Å². The number of pyridine rings is 1. The van der Waals surface area contributed by atoms with Gasteiger partial charge in [-0.25, -0.2) is 13.8 Å². The van der Waals surface area contributed by atoms with E-state index < -0.39 is 6.43 Å². The standard InChI is InChI=1S/C6H3BrF2IN/c7-5-4(6(8)9)3(10)1-2-11-5/h1-2,6H. The minimum Gasteiger partial charge on any atom is -0.249 e. The van der Waals surface area contributed by atoms with Gasteiger partial charge in [-0.15, -0.1) is 0 Å². The number of hydrogen-bond acceptors (Lipinski definition) is 1. The summed E-state index contributed by atoms with van der Waals surface area (Å²) in [6.45, 7) is 0. The Morgan fingerprint density at radius 2 is 2.18 bits per heavy atom. The Morgan fingerprint density at radius 3 is 2.55 bits per heavy atom. The molecule has 0 bridgehead atoms. The molecule has 11 heavy (non-hydrogen) atoms. The second-order valence-corrected chi connectivity index (χ2v) is 3.71. The van der Waals surface area contributed by atoms with Gasteiger partial charge < -0.3 is 0 Å². The molecule has 0 aromatic carbocycles. The molecule has 1 nitrogen and oxygen atoms in total. The maximum Gasteiger partial charge on any atom is 0.267 e. The Morgan fingerprint density at radius 1 is 1.55 bits per heavy atom. The van der Waals surface area contributed by atoms with Crippen LogP contribution in [0.1, 0.15) is 12.0 Å². The highest BCUT2D eigenvalue weighted by Gasteiger charge is 2.15. The first kappa shape index (κ1) is 9.31. The van der Waals surface area contributed by atoms with Gasteiger partial charge in [-0.05, 0) is 44.6 Å². The zero-order valence-electron chi connectivity index (χ0n) is 5.19. The van der Waals surface area contributed by atoms with Crippen molar-refractivity contribution >= 4 is 38.5 Å². The number of halogens is 4. The molecular weight excluding hydrogens is 331 g/mol. The van der Waals surface area contributed by atoms with Crippen LogP contribution < -0.4 is 0 Å². The molecule has 0 amide bonds. The topological polar surface area (TPSA) is 12.9 Å². The third-order valence-electron chi connectivity index (χ3n) is 1.11. The summed E-state index contributed by atoms with van der Waals surface area (Å²) in [5.41, 5.74) is -0.0342. The van der Waals surface area contributed by atoms with Crippen molar-refractivity contribution in [3.05, 3.63) is 26.0 Å². The molecule has 0 atom stereocenters. The largest absolute Gasteiger partial charge is 0.267 e. The van der Waals surface area contributed by atoms with Crippen molar-refractivity contribution in [3.8, 4) is 0 Å². The lowest BCUT2D eigenvalue weighted by molar-refractivity contribution is 0.149. The molecule has 60 valence electrons. The van der Waals surface area contributed by atoms with Gasteiger partial charge in [-0.3, -0.25) is 0 Å². The Bertz CT molecular complexity index is 247. The Labute approximate surface area is 84.5 Å². The van der Waals surface area contributed by atoms with Crippen molar-refractivity contribution in [2.75, 3.05) is 0 Å². The van der Waals surface area contributed by atoms with Crippen molar-refractivity contribution in [1.29, 1.82) is 0 Å². The van der Waals surface area contributed by atoms with E-state index in [1.807, 2.05) is 22.6 Å². The maximum absolute atomic E-state index is 12.2. The monoisotopic (exact) mass is 333 g/mol. The number of hydrogen-bond donors (Lipinski definition) is 0. The van der Waals surface area contributed by atoms with E-state index in [2.05, 4.69) is 20.9 Å². The molecule has 1 aromatic heterocycles. The van der Waals surface area contributed by atoms with E-state index in [4.69, 9.17) is 0 Å². The van der Waals surface area contributed by atoms with Crippen LogP contribution in [0, 0.1) is 3.57 Å². The third-order valence-corrected chi connectivity index (χ3v) is 2.68. The Balaban J connectivity index is 3.21. The summed E-state index contributed by atoms with van der Waals surface area (Å²) in [5, 5.41) is 0. The van der Waals surface area contributed by atoms with Gasteiger partial charge in [-0.2, -0.15) is 0 Å². The summed E-state index contributed by atoms with van der Waals surface area (Å²) >= 11 is 4.80. The molecule has 0 N–H and O–H groups in total. The van der Waals surface area contributed by atoms with Gasteiger partial charge in [0.2, 0.25) is 0 Å². The zero-order valence-corrected chi connectivity index (χ0v) is 8.93. The SMILES string of the molecule is FC(F)c1c(I)ccnc1Br. The zero-order chi connectivity index (χ0) is 8.43. The van der Waals surface area contributed by atoms with Gasteiger partial charge in [0.25, 0.3) is 6.43 Å². The molecule has 0 saturated heterocycles. The maximum atomic E-state index is 12.2. The highest BCUT2D eigenvalue weighted by atomic mass is 127. The second kappa shape index (κ2) is 3.75. The summed E-state index contributed by atoms with van der Waals surface area (Å²) in [6.07, 6.45) is -0.984. The molecule has 0 radical (unpaired) electrons. The molecular formula is C6H3BrF2IN. The van der Waals surface area contributed by atoms with Crippen LogP contribution in [0.3, 0.4) is 0 Å². The molecule has 1 aromatic rings. The van der Waals surface area contributed by atoms with Crippen LogP contribution in [0.15, 0.2) is 16.9 Å². The second-order valence-electron chi connectivity index (χ2n) is 1.80. The summed E-state index contributed by atoms with van der Waals surface area (Å²) in [5.74, 6) is 0. The molecule has 5 heteroatoms. The van der Waals surface area contributed by atoms with Crippen molar-refractivity contribution in [3.63, 3.8) is 0 Å². The predicted molar refractivity (Wildman–Crippen MR) is 49.6 cm³/mol. The van der Waals surface area contributed by atoms with E-state index in [9.17, 15) is 8.78 Å². The van der Waals surface area contributed by atoms with Crippen molar-refractivity contribution in [1.82, 2.24) is 4.98 Å². The summed E-state index contributed by atoms with van der Waals surface area (Å²) < 4.78 is 25.2. The lowest BCUT2D eigenvalue weighted by atomic mass is 10.3. The third kappa shape index (κ3) is 2.08. The fourth-order valence-corrected chi connectivity index (χ4v) is 2.15. The van der Waals surface area contributed by atoms with Crippen LogP contribution in [-0.2, 0) is 0 Å². The summed E-state index contributed by atoms with van der Waals surface area (Å²) in [6, 6.07) is 1.55. The van der Waals surface area contributed by atoms with Gasteiger partial charge in [-0.1, -0.05) is 0 Å². The lowest BCUT2D eigenvalue weighted by Crippen LogP contribution is -1.92. The Hall–Kier alpha value is 0.220. The smallest absolute Gasteiger partial charge is 0.249 e. The first-order valence-electron chi connectivity index (χ1n) is 2.71. The Kier molecular flexibility index (Phi) is 3.17. The lowest BCUT2D eigenvalue weighted by Gasteiger charge is -2.03. The van der Waals surface area contributed by atoms with Crippen LogP contribution in [-0.4, -0.2) is 4.98 Å². The van der Waals surface area contributed by atoms with Gasteiger partial charge in [0, 0.05) is 9.77 Å². The number of aromatic nitrogens is 1. The first-order valence-corrected chi connectivity index (χ1v) is 4.58. The molecule has 0 aliphatic carbocycles. The van der Waals surface area contributed by atoms with E-state index in [1.54, 1.807) is 6.07 Å². The molecule has 0 spiro atoms. The average molecular weight is 334 g/mol. The van der Waals surface area contributed by atoms with Crippen LogP contribution >= 0.6 is 38.5 Å². The fraction of sp³-hybridized carbons (Fsp3) is 0.167. The van der Waals surface area contributed by atoms with Crippen molar-refractivity contribution in [2.45, 2.75) is 6.43 Å². The molecule has 1 heterocycles. The van der Waals surface area contributed by atoms with Gasteiger partial charge >= 0.3 is 0 Å². The van der Waals surface area contributed by atoms with Crippen molar-refractivity contribution in [2.24, 2.45) is 0 Å². The van der Waals surface area contributed by atoms with E-state index in [0.717, 1.165) is 0 Å². The fourth-order valence-electron chi connectivity index (χ4n) is 0.620. The minimum atomic E-state index is -2.47. The van der Waals surface area contributed by atoms with E-state index in [0.29, 0.717) is 3.57 Å². The minimum absolute atomic E-state index is 0.0342. The summed E-state index contributed by atoms with van der Waals surface area (Å²) in [4.78, 5) is 3.69. The molecule has 1 rings (SSSR count). The van der Waals surface area contributed by atoms with Crippen molar-refractivity contribution < 1.29 is 8.78 Å². The molecule has 0 fully saturated rings. The van der Waals surface area contributed by atoms with Crippen LogP contribution in [0.25, 0.3) is 0 Å². The van der Waals surface area contributed by atoms with Crippen LogP contribution in [0.5, 0.6) is 0 Å². The van der Waals surface area contributed by atoms with Gasteiger partial charge in [0.1, 0.15) is 4.60 Å². The van der Waals surface area contributed by atoms with E-state index in [1.165, 1.54) is 6.20 Å². The highest BCUT2D eigenvalue weighted by Crippen LogP contribution is 2.29. The quantitative estimate of drug-likeness (QED) is 0.567. The first-order chi connectivity index (χ1) is 5.13. The summed E-state index contributed by atoms with van der Waals surface area (Å²) in [7, 11) is 0. The average Bonchev–Trinajstić information content (AvgIpc) is 1.85. The number of nitrogens with zero attached hydrogens (tertiary/aromatic N) is 1. The van der Waals surface area contributed by atoms with Crippen LogP contribution in [0.2, 0.25) is 0 Å². The highest BCUT2D eigenvalue weighted by molar-refractivity contribution is 14.1. The molecule has 0 aliphatic heterocycles. The van der Waals surface area contributed by atoms with Gasteiger partial charge in [0.15, 0.2) is 0 Å². The van der Waals surface area contributed by atoms with Gasteiger partial charge in [0.05, 0.1) is 5.56 Å². The normalized spacial score (nSPS) is 10.6.